The van der Waals surface area contributed by atoms with Gasteiger partial charge in [-0.25, -0.2) is 9.78 Å². The van der Waals surface area contributed by atoms with Crippen LogP contribution in [0.3, 0.4) is 0 Å². The average Bonchev–Trinajstić information content (AvgIpc) is 3.33. The molecule has 2 aromatic heterocycles. The maximum absolute atomic E-state index is 12.1. The third-order valence-electron chi connectivity index (χ3n) is 5.70. The fourth-order valence-corrected chi connectivity index (χ4v) is 3.68. The molecular formula is C24H28F3N5O3. The van der Waals surface area contributed by atoms with Gasteiger partial charge in [0, 0.05) is 43.5 Å². The van der Waals surface area contributed by atoms with E-state index in [-0.39, 0.29) is 5.56 Å². The number of halogens is 3. The molecule has 3 heterocycles. The van der Waals surface area contributed by atoms with Crippen LogP contribution in [0, 0.1) is 5.92 Å². The van der Waals surface area contributed by atoms with Crippen LogP contribution in [-0.2, 0) is 24.3 Å². The van der Waals surface area contributed by atoms with Crippen LogP contribution in [0.1, 0.15) is 31.0 Å². The van der Waals surface area contributed by atoms with Crippen LogP contribution in [0.25, 0.3) is 11.4 Å². The lowest BCUT2D eigenvalue weighted by molar-refractivity contribution is -0.192. The first kappa shape index (κ1) is 26.1. The van der Waals surface area contributed by atoms with Crippen LogP contribution in [-0.4, -0.2) is 55.0 Å². The summed E-state index contributed by atoms with van der Waals surface area (Å²) >= 11 is 0. The molecule has 1 aliphatic heterocycles. The second kappa shape index (κ2) is 11.8. The van der Waals surface area contributed by atoms with E-state index in [4.69, 9.17) is 9.90 Å². The zero-order valence-electron chi connectivity index (χ0n) is 19.3. The quantitative estimate of drug-likeness (QED) is 0.545. The zero-order valence-corrected chi connectivity index (χ0v) is 19.3. The molecule has 1 aromatic carbocycles. The van der Waals surface area contributed by atoms with Gasteiger partial charge in [-0.1, -0.05) is 31.2 Å². The summed E-state index contributed by atoms with van der Waals surface area (Å²) < 4.78 is 33.6. The molecule has 0 bridgehead atoms. The number of rotatable bonds is 6. The number of aromatic nitrogens is 4. The Balaban J connectivity index is 0.000000429. The van der Waals surface area contributed by atoms with Gasteiger partial charge in [0.25, 0.3) is 5.56 Å². The predicted molar refractivity (Wildman–Crippen MR) is 124 cm³/mol. The highest BCUT2D eigenvalue weighted by atomic mass is 19.4. The van der Waals surface area contributed by atoms with E-state index in [1.165, 1.54) is 31.5 Å². The van der Waals surface area contributed by atoms with E-state index >= 15 is 0 Å². The topological polar surface area (TPSA) is 104 Å². The third-order valence-corrected chi connectivity index (χ3v) is 5.70. The number of alkyl halides is 3. The minimum atomic E-state index is -5.08. The van der Waals surface area contributed by atoms with Crippen LogP contribution in [0.2, 0.25) is 0 Å². The molecule has 188 valence electrons. The molecule has 0 saturated carbocycles. The van der Waals surface area contributed by atoms with Gasteiger partial charge in [-0.05, 0) is 43.5 Å². The van der Waals surface area contributed by atoms with E-state index in [0.717, 1.165) is 23.7 Å². The smallest absolute Gasteiger partial charge is 0.475 e. The molecule has 0 atom stereocenters. The number of piperidine rings is 1. The van der Waals surface area contributed by atoms with Gasteiger partial charge in [-0.3, -0.25) is 14.4 Å². The number of carboxylic acid groups (broad SMARTS) is 1. The molecule has 35 heavy (non-hydrogen) atoms. The van der Waals surface area contributed by atoms with Gasteiger partial charge < -0.3 is 10.1 Å². The Bertz CT molecular complexity index is 1140. The molecule has 0 radical (unpaired) electrons. The summed E-state index contributed by atoms with van der Waals surface area (Å²) in [7, 11) is 0. The molecule has 0 amide bonds. The van der Waals surface area contributed by atoms with Crippen molar-refractivity contribution in [3.05, 3.63) is 70.4 Å². The van der Waals surface area contributed by atoms with Crippen molar-refractivity contribution in [1.82, 2.24) is 24.6 Å². The minimum Gasteiger partial charge on any atom is -0.475 e. The predicted octanol–water partition coefficient (Wildman–Crippen LogP) is 3.74. The molecule has 4 rings (SSSR count). The number of nitrogens with one attached hydrogen (secondary N) is 1. The molecule has 0 unspecified atom stereocenters. The number of benzene rings is 1. The first-order chi connectivity index (χ1) is 16.6. The Morgan fingerprint density at radius 1 is 1.20 bits per heavy atom. The van der Waals surface area contributed by atoms with E-state index in [1.54, 1.807) is 12.3 Å². The first-order valence-corrected chi connectivity index (χ1v) is 11.3. The Kier molecular flexibility index (Phi) is 8.80. The third kappa shape index (κ3) is 8.36. The monoisotopic (exact) mass is 491 g/mol. The fraction of sp³-hybridized carbons (Fsp3) is 0.417. The number of aromatic amines is 1. The van der Waals surface area contributed by atoms with Crippen molar-refractivity contribution in [2.24, 2.45) is 5.92 Å². The molecule has 1 fully saturated rings. The number of carbonyl (C=O) groups is 1. The number of nitrogens with zero attached hydrogens (tertiary/aromatic N) is 4. The second-order valence-electron chi connectivity index (χ2n) is 8.56. The van der Waals surface area contributed by atoms with Gasteiger partial charge in [0.05, 0.1) is 5.69 Å². The summed E-state index contributed by atoms with van der Waals surface area (Å²) in [4.78, 5) is 31.0. The number of likely N-dealkylation sites (tertiary alicyclic amines) is 1. The van der Waals surface area contributed by atoms with E-state index in [1.807, 2.05) is 16.9 Å². The normalized spacial score (nSPS) is 14.9. The zero-order chi connectivity index (χ0) is 25.4. The highest BCUT2D eigenvalue weighted by Crippen LogP contribution is 2.20. The Hall–Kier alpha value is -3.47. The standard InChI is InChI=1S/C22H27N5O.C2HF3O2/c1-17-7-12-26(13-8-17)16-18-3-5-19(6-4-18)22-24-20(15-21(28)25-22)9-14-27-11-2-10-23-27;3-2(4,5)1(6)7/h2-6,10-11,15,17H,7-9,12-14,16H2,1H3,(H,24,25,28);(H,6,7). The van der Waals surface area contributed by atoms with Crippen LogP contribution >= 0.6 is 0 Å². The Labute approximate surface area is 200 Å². The van der Waals surface area contributed by atoms with Gasteiger partial charge in [-0.15, -0.1) is 0 Å². The van der Waals surface area contributed by atoms with Gasteiger partial charge in [0.1, 0.15) is 5.82 Å². The number of aryl methyl sites for hydroxylation is 2. The lowest BCUT2D eigenvalue weighted by Crippen LogP contribution is -2.32. The lowest BCUT2D eigenvalue weighted by Gasteiger charge is -2.30. The van der Waals surface area contributed by atoms with Crippen molar-refractivity contribution in [2.45, 2.75) is 45.5 Å². The van der Waals surface area contributed by atoms with Gasteiger partial charge in [0.2, 0.25) is 0 Å². The van der Waals surface area contributed by atoms with Crippen LogP contribution in [0.15, 0.2) is 53.6 Å². The highest BCUT2D eigenvalue weighted by molar-refractivity contribution is 5.73. The Morgan fingerprint density at radius 2 is 1.86 bits per heavy atom. The molecule has 8 nitrogen and oxygen atoms in total. The van der Waals surface area contributed by atoms with Crippen molar-refractivity contribution in [3.8, 4) is 11.4 Å². The number of hydrogen-bond donors (Lipinski definition) is 2. The molecule has 1 aliphatic rings. The molecule has 0 spiro atoms. The van der Waals surface area contributed by atoms with Gasteiger partial charge >= 0.3 is 12.1 Å². The summed E-state index contributed by atoms with van der Waals surface area (Å²) in [6.45, 7) is 6.38. The van der Waals surface area contributed by atoms with Crippen molar-refractivity contribution in [1.29, 1.82) is 0 Å². The summed E-state index contributed by atoms with van der Waals surface area (Å²) in [5.41, 5.74) is 2.90. The molecule has 3 aromatic rings. The van der Waals surface area contributed by atoms with E-state index in [2.05, 4.69) is 51.2 Å². The highest BCUT2D eigenvalue weighted by Gasteiger charge is 2.38. The van der Waals surface area contributed by atoms with Crippen molar-refractivity contribution >= 4 is 5.97 Å². The van der Waals surface area contributed by atoms with Crippen LogP contribution < -0.4 is 5.56 Å². The molecule has 1 saturated heterocycles. The van der Waals surface area contributed by atoms with Crippen molar-refractivity contribution in [2.75, 3.05) is 13.1 Å². The molecule has 2 N–H and O–H groups in total. The average molecular weight is 492 g/mol. The summed E-state index contributed by atoms with van der Waals surface area (Å²) in [6.07, 6.45) is 1.83. The number of H-pyrrole nitrogens is 1. The maximum atomic E-state index is 12.1. The van der Waals surface area contributed by atoms with Crippen molar-refractivity contribution < 1.29 is 23.1 Å². The van der Waals surface area contributed by atoms with Crippen LogP contribution in [0.4, 0.5) is 13.2 Å². The molecular weight excluding hydrogens is 463 g/mol. The van der Waals surface area contributed by atoms with E-state index in [9.17, 15) is 18.0 Å². The van der Waals surface area contributed by atoms with E-state index in [0.29, 0.717) is 18.8 Å². The summed E-state index contributed by atoms with van der Waals surface area (Å²) in [5.74, 6) is -1.28. The Morgan fingerprint density at radius 3 is 2.43 bits per heavy atom. The van der Waals surface area contributed by atoms with Gasteiger partial charge in [-0.2, -0.15) is 18.3 Å². The van der Waals surface area contributed by atoms with E-state index < -0.39 is 12.1 Å². The van der Waals surface area contributed by atoms with Gasteiger partial charge in [0.15, 0.2) is 0 Å². The largest absolute Gasteiger partial charge is 0.490 e. The maximum Gasteiger partial charge on any atom is 0.490 e. The summed E-state index contributed by atoms with van der Waals surface area (Å²) in [5, 5.41) is 11.3. The number of aliphatic carboxylic acids is 1. The number of carboxylic acids is 1. The SMILES string of the molecule is CC1CCN(Cc2ccc(-c3nc(CCn4cccn4)cc(=O)[nH]3)cc2)CC1.O=C(O)C(F)(F)F. The van der Waals surface area contributed by atoms with Crippen molar-refractivity contribution in [3.63, 3.8) is 0 Å². The minimum absolute atomic E-state index is 0.119. The molecule has 0 aliphatic carbocycles. The fourth-order valence-electron chi connectivity index (χ4n) is 3.68. The van der Waals surface area contributed by atoms with Crippen LogP contribution in [0.5, 0.6) is 0 Å². The first-order valence-electron chi connectivity index (χ1n) is 11.3. The summed E-state index contributed by atoms with van der Waals surface area (Å²) in [6, 6.07) is 11.9. The second-order valence-corrected chi connectivity index (χ2v) is 8.56. The lowest BCUT2D eigenvalue weighted by atomic mass is 9.99. The number of hydrogen-bond acceptors (Lipinski definition) is 5. The molecule has 11 heteroatoms.